The molecule has 52 heavy (non-hydrogen) atoms. The zero-order valence-corrected chi connectivity index (χ0v) is 29.5. The number of nitrogens with two attached hydrogens (primary N) is 1. The summed E-state index contributed by atoms with van der Waals surface area (Å²) in [5, 5.41) is 17.5. The lowest BCUT2D eigenvalue weighted by molar-refractivity contribution is -0.147. The van der Waals surface area contributed by atoms with Gasteiger partial charge in [-0.05, 0) is 67.6 Å². The molecule has 1 amide bonds. The van der Waals surface area contributed by atoms with Crippen molar-refractivity contribution in [2.24, 2.45) is 11.1 Å². The number of alkyl halides is 3. The number of fused-ring (bicyclic) bond motifs is 2. The van der Waals surface area contributed by atoms with E-state index < -0.39 is 57.4 Å². The third-order valence-corrected chi connectivity index (χ3v) is 11.5. The molecule has 0 aliphatic carbocycles. The van der Waals surface area contributed by atoms with Gasteiger partial charge >= 0.3 is 12.1 Å². The van der Waals surface area contributed by atoms with Crippen molar-refractivity contribution in [3.05, 3.63) is 76.2 Å². The van der Waals surface area contributed by atoms with E-state index in [1.165, 1.54) is 42.5 Å². The monoisotopic (exact) mass is 746 g/mol. The number of hydrogen-bond donors (Lipinski definition) is 2. The van der Waals surface area contributed by atoms with Crippen molar-refractivity contribution < 1.29 is 50.5 Å². The summed E-state index contributed by atoms with van der Waals surface area (Å²) in [6.45, 7) is 6.34. The zero-order valence-electron chi connectivity index (χ0n) is 28.7. The van der Waals surface area contributed by atoms with Crippen LogP contribution < -0.4 is 15.2 Å². The second-order valence-electron chi connectivity index (χ2n) is 13.6. The number of hydrogen-bond acceptors (Lipinski definition) is 10. The minimum Gasteiger partial charge on any atom is -0.481 e. The van der Waals surface area contributed by atoms with Gasteiger partial charge in [-0.1, -0.05) is 18.2 Å². The molecular formula is C34H37F3N6O8S. The molecule has 4 aromatic rings. The number of aryl methyl sites for hydroxylation is 2. The van der Waals surface area contributed by atoms with Gasteiger partial charge in [-0.25, -0.2) is 8.42 Å². The molecule has 18 heteroatoms. The van der Waals surface area contributed by atoms with E-state index in [2.05, 4.69) is 15.2 Å². The molecule has 2 aliphatic heterocycles. The molecule has 1 saturated heterocycles. The second-order valence-corrected chi connectivity index (χ2v) is 15.5. The highest BCUT2D eigenvalue weighted by molar-refractivity contribution is 7.89. The lowest BCUT2D eigenvalue weighted by Gasteiger charge is -2.38. The van der Waals surface area contributed by atoms with Gasteiger partial charge in [0.15, 0.2) is 12.3 Å². The first kappa shape index (κ1) is 37.0. The Morgan fingerprint density at radius 2 is 1.81 bits per heavy atom. The Kier molecular flexibility index (Phi) is 9.46. The van der Waals surface area contributed by atoms with Gasteiger partial charge in [0.2, 0.25) is 27.6 Å². The van der Waals surface area contributed by atoms with Crippen LogP contribution in [0.4, 0.5) is 13.2 Å². The van der Waals surface area contributed by atoms with Crippen molar-refractivity contribution >= 4 is 27.5 Å². The molecule has 0 bridgehead atoms. The number of rotatable bonds is 9. The van der Waals surface area contributed by atoms with Crippen LogP contribution >= 0.6 is 0 Å². The highest BCUT2D eigenvalue weighted by Gasteiger charge is 2.46. The van der Waals surface area contributed by atoms with Crippen molar-refractivity contribution in [2.75, 3.05) is 26.4 Å². The van der Waals surface area contributed by atoms with Crippen LogP contribution in [0, 0.1) is 19.3 Å². The Labute approximate surface area is 296 Å². The van der Waals surface area contributed by atoms with Gasteiger partial charge in [0.05, 0.1) is 25.2 Å². The Hall–Kier alpha value is -4.81. The number of aromatic nitrogens is 4. The Morgan fingerprint density at radius 3 is 2.46 bits per heavy atom. The number of carboxylic acid groups (broad SMARTS) is 1. The Bertz CT molecular complexity index is 2170. The largest absolute Gasteiger partial charge is 0.481 e. The van der Waals surface area contributed by atoms with E-state index >= 15 is 0 Å². The fraction of sp³-hybridized carbons (Fsp3) is 0.441. The molecule has 6 rings (SSSR count). The Balaban J connectivity index is 1.44. The fourth-order valence-electron chi connectivity index (χ4n) is 6.78. The number of halogens is 3. The number of benzene rings is 1. The number of primary amides is 1. The molecule has 1 fully saturated rings. The fourth-order valence-corrected chi connectivity index (χ4v) is 8.32. The SMILES string of the molecule is Cc1ccc([C@@H](c2ccn3c(C(F)(F)F)nnc3c2C)C(C)(C)C(=O)O)cc1CN1CC2(CCOCC2)Oc2nc(OCC(N)=O)ccc2S1(=O)=O. The van der Waals surface area contributed by atoms with E-state index in [9.17, 15) is 36.3 Å². The predicted molar refractivity (Wildman–Crippen MR) is 177 cm³/mol. The maximum absolute atomic E-state index is 14.4. The summed E-state index contributed by atoms with van der Waals surface area (Å²) in [5.41, 5.74) is 5.11. The van der Waals surface area contributed by atoms with E-state index in [1.54, 1.807) is 32.0 Å². The zero-order chi connectivity index (χ0) is 37.8. The number of nitrogens with zero attached hydrogens (tertiary/aromatic N) is 5. The van der Waals surface area contributed by atoms with Gasteiger partial charge in [-0.3, -0.25) is 14.0 Å². The predicted octanol–water partition coefficient (Wildman–Crippen LogP) is 4.00. The molecule has 0 saturated carbocycles. The molecule has 1 aromatic carbocycles. The number of aliphatic carboxylic acids is 1. The van der Waals surface area contributed by atoms with Gasteiger partial charge in [-0.15, -0.1) is 10.2 Å². The van der Waals surface area contributed by atoms with Gasteiger partial charge in [0.25, 0.3) is 5.91 Å². The van der Waals surface area contributed by atoms with Crippen molar-refractivity contribution in [3.8, 4) is 11.8 Å². The first-order chi connectivity index (χ1) is 24.3. The average Bonchev–Trinajstić information content (AvgIpc) is 3.49. The minimum absolute atomic E-state index is 0.0479. The van der Waals surface area contributed by atoms with Crippen LogP contribution in [0.25, 0.3) is 5.65 Å². The lowest BCUT2D eigenvalue weighted by Crippen LogP contribution is -2.50. The molecule has 14 nitrogen and oxygen atoms in total. The quantitative estimate of drug-likeness (QED) is 0.252. The third kappa shape index (κ3) is 6.77. The highest BCUT2D eigenvalue weighted by Crippen LogP contribution is 2.45. The van der Waals surface area contributed by atoms with Crippen LogP contribution in [0.1, 0.15) is 66.2 Å². The Morgan fingerprint density at radius 1 is 1.10 bits per heavy atom. The van der Waals surface area contributed by atoms with E-state index in [4.69, 9.17) is 19.9 Å². The summed E-state index contributed by atoms with van der Waals surface area (Å²) in [7, 11) is -4.27. The van der Waals surface area contributed by atoms with Crippen molar-refractivity contribution in [3.63, 3.8) is 0 Å². The van der Waals surface area contributed by atoms with E-state index in [1.807, 2.05) is 0 Å². The van der Waals surface area contributed by atoms with Crippen LogP contribution in [-0.4, -0.2) is 81.3 Å². The molecule has 3 N–H and O–H groups in total. The van der Waals surface area contributed by atoms with E-state index in [0.717, 1.165) is 4.40 Å². The van der Waals surface area contributed by atoms with Gasteiger partial charge in [0.1, 0.15) is 10.5 Å². The maximum atomic E-state index is 14.4. The molecule has 278 valence electrons. The topological polar surface area (TPSA) is 189 Å². The molecular weight excluding hydrogens is 709 g/mol. The number of sulfonamides is 1. The minimum atomic E-state index is -4.77. The number of carbonyl (C=O) groups excluding carboxylic acids is 1. The smallest absolute Gasteiger partial charge is 0.452 e. The van der Waals surface area contributed by atoms with Crippen LogP contribution in [-0.2, 0) is 37.1 Å². The molecule has 0 unspecified atom stereocenters. The highest BCUT2D eigenvalue weighted by atomic mass is 32.2. The van der Waals surface area contributed by atoms with Gasteiger partial charge in [-0.2, -0.15) is 22.5 Å². The molecule has 3 aromatic heterocycles. The van der Waals surface area contributed by atoms with Crippen molar-refractivity contribution in [1.29, 1.82) is 0 Å². The number of carbonyl (C=O) groups is 2. The molecule has 2 aliphatic rings. The summed E-state index contributed by atoms with van der Waals surface area (Å²) in [4.78, 5) is 28.1. The molecule has 1 atom stereocenters. The lowest BCUT2D eigenvalue weighted by atomic mass is 9.70. The first-order valence-corrected chi connectivity index (χ1v) is 17.7. The molecule has 1 spiro atoms. The third-order valence-electron chi connectivity index (χ3n) is 9.72. The summed E-state index contributed by atoms with van der Waals surface area (Å²) in [6.07, 6.45) is -2.90. The van der Waals surface area contributed by atoms with Crippen LogP contribution in [0.2, 0.25) is 0 Å². The maximum Gasteiger partial charge on any atom is 0.452 e. The second kappa shape index (κ2) is 13.3. The van der Waals surface area contributed by atoms with Gasteiger partial charge < -0.3 is 25.1 Å². The average molecular weight is 747 g/mol. The van der Waals surface area contributed by atoms with Crippen LogP contribution in [0.15, 0.2) is 47.5 Å². The van der Waals surface area contributed by atoms with Crippen LogP contribution in [0.3, 0.4) is 0 Å². The summed E-state index contributed by atoms with van der Waals surface area (Å²) < 4.78 is 89.0. The summed E-state index contributed by atoms with van der Waals surface area (Å²) in [6, 6.07) is 9.26. The number of amides is 1. The van der Waals surface area contributed by atoms with Crippen molar-refractivity contribution in [2.45, 2.75) is 69.7 Å². The van der Waals surface area contributed by atoms with Crippen LogP contribution in [0.5, 0.6) is 11.8 Å². The number of ether oxygens (including phenoxy) is 3. The standard InChI is InChI=1S/C34H37F3N6O8S/c1-19-5-6-21(27(32(3,4)31(45)46)23-9-12-43-28(20(23)2)40-41-30(43)34(35,36)37)15-22(19)16-42-18-33(10-13-49-14-11-33)51-29-24(52(42,47)48)7-8-26(39-29)50-17-25(38)44/h5-9,12,15,27H,10-11,13-14,16-18H2,1-4H3,(H2,38,44)(H,45,46)/t27-/m0/s1. The van der Waals surface area contributed by atoms with Crippen molar-refractivity contribution in [1.82, 2.24) is 23.9 Å². The van der Waals surface area contributed by atoms with E-state index in [0.29, 0.717) is 53.9 Å². The van der Waals surface area contributed by atoms with E-state index in [-0.39, 0.29) is 35.4 Å². The first-order valence-electron chi connectivity index (χ1n) is 16.3. The summed E-state index contributed by atoms with van der Waals surface area (Å²) >= 11 is 0. The number of pyridine rings is 2. The normalized spacial score (nSPS) is 18.0. The molecule has 5 heterocycles. The molecule has 0 radical (unpaired) electrons. The summed E-state index contributed by atoms with van der Waals surface area (Å²) in [5.74, 6) is -4.25. The van der Waals surface area contributed by atoms with Gasteiger partial charge in [0, 0.05) is 37.6 Å². The number of carboxylic acids is 1.